The van der Waals surface area contributed by atoms with Crippen LogP contribution >= 0.6 is 0 Å². The van der Waals surface area contributed by atoms with Gasteiger partial charge in [-0.15, -0.1) is 0 Å². The van der Waals surface area contributed by atoms with Gasteiger partial charge >= 0.3 is 0 Å². The first-order chi connectivity index (χ1) is 6.91. The molecule has 0 aliphatic rings. The summed E-state index contributed by atoms with van der Waals surface area (Å²) in [4.78, 5) is 0. The van der Waals surface area contributed by atoms with E-state index in [2.05, 4.69) is 46.9 Å². The van der Waals surface area contributed by atoms with Gasteiger partial charge in [-0.25, -0.2) is 0 Å². The van der Waals surface area contributed by atoms with Crippen LogP contribution < -0.4 is 5.32 Å². The molecule has 0 amide bonds. The van der Waals surface area contributed by atoms with Crippen LogP contribution in [0.15, 0.2) is 0 Å². The Balaban J connectivity index is 3.84. The number of rotatable bonds is 8. The Morgan fingerprint density at radius 3 is 1.80 bits per heavy atom. The Bertz CT molecular complexity index is 126. The highest BCUT2D eigenvalue weighted by Gasteiger charge is 2.11. The van der Waals surface area contributed by atoms with E-state index in [1.807, 2.05) is 0 Å². The van der Waals surface area contributed by atoms with E-state index in [1.165, 1.54) is 25.8 Å². The van der Waals surface area contributed by atoms with Gasteiger partial charge in [0.2, 0.25) is 0 Å². The molecule has 1 atom stereocenters. The predicted molar refractivity (Wildman–Crippen MR) is 70.2 cm³/mol. The molecule has 0 aromatic rings. The van der Waals surface area contributed by atoms with Gasteiger partial charge < -0.3 is 5.32 Å². The number of hydrogen-bond acceptors (Lipinski definition) is 1. The van der Waals surface area contributed by atoms with Crippen LogP contribution in [0.5, 0.6) is 0 Å². The quantitative estimate of drug-likeness (QED) is 0.640. The van der Waals surface area contributed by atoms with Crippen LogP contribution in [-0.2, 0) is 0 Å². The Morgan fingerprint density at radius 1 is 0.800 bits per heavy atom. The second-order valence-corrected chi connectivity index (χ2v) is 6.03. The lowest BCUT2D eigenvalue weighted by atomic mass is 9.90. The third-order valence-electron chi connectivity index (χ3n) is 2.77. The van der Waals surface area contributed by atoms with Crippen molar-refractivity contribution in [3.05, 3.63) is 0 Å². The van der Waals surface area contributed by atoms with Crippen molar-refractivity contribution in [2.24, 2.45) is 17.8 Å². The van der Waals surface area contributed by atoms with E-state index >= 15 is 0 Å². The Morgan fingerprint density at radius 2 is 1.40 bits per heavy atom. The zero-order chi connectivity index (χ0) is 11.8. The van der Waals surface area contributed by atoms with Crippen LogP contribution in [0.4, 0.5) is 0 Å². The fourth-order valence-corrected chi connectivity index (χ4v) is 1.94. The molecule has 0 spiro atoms. The molecule has 1 unspecified atom stereocenters. The number of hydrogen-bond donors (Lipinski definition) is 1. The third kappa shape index (κ3) is 10.2. The normalized spacial score (nSPS) is 14.2. The van der Waals surface area contributed by atoms with E-state index in [1.54, 1.807) is 0 Å². The van der Waals surface area contributed by atoms with Crippen LogP contribution in [0.25, 0.3) is 0 Å². The summed E-state index contributed by atoms with van der Waals surface area (Å²) >= 11 is 0. The van der Waals surface area contributed by atoms with Crippen molar-refractivity contribution >= 4 is 0 Å². The van der Waals surface area contributed by atoms with E-state index in [-0.39, 0.29) is 0 Å². The summed E-state index contributed by atoms with van der Waals surface area (Å²) in [5.74, 6) is 2.55. The summed E-state index contributed by atoms with van der Waals surface area (Å²) in [6.45, 7) is 15.0. The molecule has 92 valence electrons. The summed E-state index contributed by atoms with van der Waals surface area (Å²) in [6.07, 6.45) is 4.12. The van der Waals surface area contributed by atoms with E-state index in [4.69, 9.17) is 0 Å². The van der Waals surface area contributed by atoms with Crippen LogP contribution in [0.1, 0.15) is 60.8 Å². The Hall–Kier alpha value is -0.0400. The van der Waals surface area contributed by atoms with Gasteiger partial charge in [0.25, 0.3) is 0 Å². The van der Waals surface area contributed by atoms with Gasteiger partial charge in [-0.05, 0) is 37.1 Å². The first kappa shape index (κ1) is 15.0. The Kier molecular flexibility index (Phi) is 8.13. The largest absolute Gasteiger partial charge is 0.314 e. The molecule has 0 fully saturated rings. The predicted octanol–water partition coefficient (Wildman–Crippen LogP) is 4.08. The van der Waals surface area contributed by atoms with Crippen molar-refractivity contribution in [2.75, 3.05) is 6.54 Å². The van der Waals surface area contributed by atoms with Crippen LogP contribution in [-0.4, -0.2) is 12.6 Å². The lowest BCUT2D eigenvalue weighted by Gasteiger charge is -2.21. The summed E-state index contributed by atoms with van der Waals surface area (Å²) in [5.41, 5.74) is 0. The third-order valence-corrected chi connectivity index (χ3v) is 2.77. The first-order valence-electron chi connectivity index (χ1n) is 6.65. The average molecular weight is 213 g/mol. The summed E-state index contributed by atoms with van der Waals surface area (Å²) in [5, 5.41) is 3.57. The van der Waals surface area contributed by atoms with Crippen LogP contribution in [0.3, 0.4) is 0 Å². The lowest BCUT2D eigenvalue weighted by Crippen LogP contribution is -2.29. The molecule has 0 aliphatic heterocycles. The van der Waals surface area contributed by atoms with E-state index in [0.29, 0.717) is 6.04 Å². The minimum atomic E-state index is 0.624. The molecule has 15 heavy (non-hydrogen) atoms. The monoisotopic (exact) mass is 213 g/mol. The summed E-state index contributed by atoms with van der Waals surface area (Å²) in [6, 6.07) is 0.624. The molecular weight excluding hydrogens is 182 g/mol. The first-order valence-corrected chi connectivity index (χ1v) is 6.65. The average Bonchev–Trinajstić information content (AvgIpc) is 2.08. The molecule has 0 saturated heterocycles. The molecule has 0 aliphatic carbocycles. The van der Waals surface area contributed by atoms with Gasteiger partial charge in [0.05, 0.1) is 0 Å². The van der Waals surface area contributed by atoms with Gasteiger partial charge in [-0.2, -0.15) is 0 Å². The molecule has 0 radical (unpaired) electrons. The van der Waals surface area contributed by atoms with Gasteiger partial charge in [0.15, 0.2) is 0 Å². The molecule has 0 heterocycles. The van der Waals surface area contributed by atoms with Crippen molar-refractivity contribution in [3.8, 4) is 0 Å². The van der Waals surface area contributed by atoms with Crippen LogP contribution in [0.2, 0.25) is 0 Å². The van der Waals surface area contributed by atoms with Crippen molar-refractivity contribution in [2.45, 2.75) is 66.8 Å². The van der Waals surface area contributed by atoms with Gasteiger partial charge in [-0.1, -0.05) is 48.0 Å². The molecule has 0 saturated carbocycles. The molecule has 0 aromatic heterocycles. The zero-order valence-corrected chi connectivity index (χ0v) is 11.6. The molecule has 0 rings (SSSR count). The molecule has 1 heteroatoms. The highest BCUT2D eigenvalue weighted by molar-refractivity contribution is 4.67. The van der Waals surface area contributed by atoms with Crippen LogP contribution in [0, 0.1) is 17.8 Å². The van der Waals surface area contributed by atoms with Crippen molar-refractivity contribution in [1.82, 2.24) is 5.32 Å². The fourth-order valence-electron chi connectivity index (χ4n) is 1.94. The molecule has 0 bridgehead atoms. The molecule has 1 N–H and O–H groups in total. The molecule has 0 aromatic carbocycles. The van der Waals surface area contributed by atoms with E-state index in [0.717, 1.165) is 17.8 Å². The second-order valence-electron chi connectivity index (χ2n) is 6.03. The van der Waals surface area contributed by atoms with Gasteiger partial charge in [-0.3, -0.25) is 0 Å². The maximum Gasteiger partial charge on any atom is 0.00104 e. The molecular formula is C14H31N. The SMILES string of the molecule is CC(C)CCC(CNC(C)C)CC(C)C. The van der Waals surface area contributed by atoms with Gasteiger partial charge in [0.1, 0.15) is 0 Å². The standard InChI is InChI=1S/C14H31N/c1-11(2)7-8-14(9-12(3)4)10-15-13(5)6/h11-15H,7-10H2,1-6H3. The fraction of sp³-hybridized carbons (Fsp3) is 1.00. The Labute approximate surface area is 97.0 Å². The van der Waals surface area contributed by atoms with Crippen molar-refractivity contribution < 1.29 is 0 Å². The van der Waals surface area contributed by atoms with Crippen molar-refractivity contribution in [1.29, 1.82) is 0 Å². The van der Waals surface area contributed by atoms with Crippen molar-refractivity contribution in [3.63, 3.8) is 0 Å². The summed E-state index contributed by atoms with van der Waals surface area (Å²) < 4.78 is 0. The lowest BCUT2D eigenvalue weighted by molar-refractivity contribution is 0.333. The second kappa shape index (κ2) is 8.15. The molecule has 1 nitrogen and oxygen atoms in total. The smallest absolute Gasteiger partial charge is 0.00104 e. The highest BCUT2D eigenvalue weighted by atomic mass is 14.9. The topological polar surface area (TPSA) is 12.0 Å². The van der Waals surface area contributed by atoms with E-state index < -0.39 is 0 Å². The maximum atomic E-state index is 3.57. The maximum absolute atomic E-state index is 3.57. The minimum absolute atomic E-state index is 0.624. The number of nitrogens with one attached hydrogen (secondary N) is 1. The van der Waals surface area contributed by atoms with E-state index in [9.17, 15) is 0 Å². The van der Waals surface area contributed by atoms with Gasteiger partial charge in [0, 0.05) is 6.04 Å². The summed E-state index contributed by atoms with van der Waals surface area (Å²) in [7, 11) is 0. The zero-order valence-electron chi connectivity index (χ0n) is 11.6. The minimum Gasteiger partial charge on any atom is -0.314 e. The highest BCUT2D eigenvalue weighted by Crippen LogP contribution is 2.19.